The third kappa shape index (κ3) is 4.57. The van der Waals surface area contributed by atoms with Gasteiger partial charge < -0.3 is 10.2 Å². The van der Waals surface area contributed by atoms with E-state index in [2.05, 4.69) is 19.2 Å². The molecule has 1 amide bonds. The lowest BCUT2D eigenvalue weighted by atomic mass is 10.1. The molecule has 1 aromatic carbocycles. The van der Waals surface area contributed by atoms with E-state index < -0.39 is 0 Å². The largest absolute Gasteiger partial charge is 0.337 e. The summed E-state index contributed by atoms with van der Waals surface area (Å²) in [5.41, 5.74) is 0.460. The standard InChI is InChI=1S/C19H27N3O3S/c1-13(2)8-10-26-18-6-3-14(11-17(18)22(24)25)19(23)21-9-7-15-4-5-16(12-21)20-15/h3,6,11,13,15-16,20H,4-5,7-10,12H2,1-2H3. The van der Waals surface area contributed by atoms with Gasteiger partial charge in [-0.1, -0.05) is 13.8 Å². The van der Waals surface area contributed by atoms with Crippen molar-refractivity contribution in [3.63, 3.8) is 0 Å². The van der Waals surface area contributed by atoms with Crippen molar-refractivity contribution in [3.8, 4) is 0 Å². The predicted octanol–water partition coefficient (Wildman–Crippen LogP) is 3.70. The summed E-state index contributed by atoms with van der Waals surface area (Å²) in [6.45, 7) is 5.68. The Morgan fingerprint density at radius 3 is 2.85 bits per heavy atom. The Morgan fingerprint density at radius 1 is 1.35 bits per heavy atom. The van der Waals surface area contributed by atoms with E-state index in [1.165, 1.54) is 24.2 Å². The predicted molar refractivity (Wildman–Crippen MR) is 104 cm³/mol. The number of thioether (sulfide) groups is 1. The van der Waals surface area contributed by atoms with E-state index >= 15 is 0 Å². The number of hydrogen-bond acceptors (Lipinski definition) is 5. The van der Waals surface area contributed by atoms with E-state index in [-0.39, 0.29) is 16.5 Å². The molecule has 2 atom stereocenters. The average Bonchev–Trinajstić information content (AvgIpc) is 2.93. The van der Waals surface area contributed by atoms with E-state index in [1.54, 1.807) is 12.1 Å². The number of rotatable bonds is 6. The quantitative estimate of drug-likeness (QED) is 0.465. The summed E-state index contributed by atoms with van der Waals surface area (Å²) in [7, 11) is 0. The molecule has 6 nitrogen and oxygen atoms in total. The van der Waals surface area contributed by atoms with Crippen molar-refractivity contribution in [2.45, 2.75) is 56.5 Å². The van der Waals surface area contributed by atoms with Gasteiger partial charge in [0.2, 0.25) is 0 Å². The SMILES string of the molecule is CC(C)CCSc1ccc(C(=O)N2CCC3CCC(C2)N3)cc1[N+](=O)[O-]. The third-order valence-corrected chi connectivity index (χ3v) is 6.26. The maximum absolute atomic E-state index is 12.9. The van der Waals surface area contributed by atoms with E-state index in [9.17, 15) is 14.9 Å². The first kappa shape index (κ1) is 19.2. The molecular formula is C19H27N3O3S. The second-order valence-electron chi connectivity index (χ2n) is 7.65. The number of nitro groups is 1. The summed E-state index contributed by atoms with van der Waals surface area (Å²) in [5, 5.41) is 15.0. The van der Waals surface area contributed by atoms with Crippen LogP contribution in [0.2, 0.25) is 0 Å². The summed E-state index contributed by atoms with van der Waals surface area (Å²) < 4.78 is 0. The van der Waals surface area contributed by atoms with Crippen molar-refractivity contribution in [3.05, 3.63) is 33.9 Å². The molecule has 2 unspecified atom stereocenters. The molecule has 142 valence electrons. The molecule has 1 aromatic rings. The Bertz CT molecular complexity index is 680. The van der Waals surface area contributed by atoms with Gasteiger partial charge in [0, 0.05) is 36.8 Å². The van der Waals surface area contributed by atoms with Gasteiger partial charge in [-0.3, -0.25) is 14.9 Å². The smallest absolute Gasteiger partial charge is 0.283 e. The first-order valence-corrected chi connectivity index (χ1v) is 10.4. The number of nitrogens with one attached hydrogen (secondary N) is 1. The highest BCUT2D eigenvalue weighted by Crippen LogP contribution is 2.32. The van der Waals surface area contributed by atoms with Crippen LogP contribution < -0.4 is 5.32 Å². The van der Waals surface area contributed by atoms with Crippen molar-refractivity contribution < 1.29 is 9.72 Å². The molecule has 2 heterocycles. The highest BCUT2D eigenvalue weighted by molar-refractivity contribution is 7.99. The lowest BCUT2D eigenvalue weighted by Crippen LogP contribution is -2.39. The van der Waals surface area contributed by atoms with Crippen LogP contribution in [0.25, 0.3) is 0 Å². The normalized spacial score (nSPS) is 22.5. The van der Waals surface area contributed by atoms with Gasteiger partial charge in [-0.15, -0.1) is 11.8 Å². The molecule has 0 saturated carbocycles. The van der Waals surface area contributed by atoms with Crippen molar-refractivity contribution in [1.82, 2.24) is 10.2 Å². The molecule has 0 spiro atoms. The molecule has 2 saturated heterocycles. The Kier molecular flexibility index (Phi) is 6.19. The van der Waals surface area contributed by atoms with E-state index in [0.29, 0.717) is 41.6 Å². The fraction of sp³-hybridized carbons (Fsp3) is 0.632. The molecule has 1 N–H and O–H groups in total. The topological polar surface area (TPSA) is 75.5 Å². The molecule has 26 heavy (non-hydrogen) atoms. The summed E-state index contributed by atoms with van der Waals surface area (Å²) in [6.07, 6.45) is 4.24. The number of likely N-dealkylation sites (tertiary alicyclic amines) is 1. The summed E-state index contributed by atoms with van der Waals surface area (Å²) in [6, 6.07) is 5.79. The Morgan fingerprint density at radius 2 is 2.12 bits per heavy atom. The van der Waals surface area contributed by atoms with Crippen molar-refractivity contribution in [2.24, 2.45) is 5.92 Å². The fourth-order valence-electron chi connectivity index (χ4n) is 3.63. The van der Waals surface area contributed by atoms with Crippen LogP contribution in [0.1, 0.15) is 49.9 Å². The number of hydrogen-bond donors (Lipinski definition) is 1. The van der Waals surface area contributed by atoms with Crippen LogP contribution in [0.3, 0.4) is 0 Å². The molecule has 7 heteroatoms. The fourth-order valence-corrected chi connectivity index (χ4v) is 4.88. The van der Waals surface area contributed by atoms with Crippen LogP contribution in [0, 0.1) is 16.0 Å². The van der Waals surface area contributed by atoms with Crippen LogP contribution in [-0.2, 0) is 0 Å². The number of amides is 1. The molecule has 2 fully saturated rings. The van der Waals surface area contributed by atoms with Crippen LogP contribution in [0.4, 0.5) is 5.69 Å². The molecule has 0 aliphatic carbocycles. The molecule has 2 aliphatic rings. The number of nitro benzene ring substituents is 1. The summed E-state index contributed by atoms with van der Waals surface area (Å²) in [5.74, 6) is 1.31. The highest BCUT2D eigenvalue weighted by Gasteiger charge is 2.32. The zero-order valence-electron chi connectivity index (χ0n) is 15.4. The molecule has 2 bridgehead atoms. The van der Waals surface area contributed by atoms with Gasteiger partial charge in [-0.2, -0.15) is 0 Å². The highest BCUT2D eigenvalue weighted by atomic mass is 32.2. The Labute approximate surface area is 158 Å². The number of carbonyl (C=O) groups excluding carboxylic acids is 1. The molecule has 0 aromatic heterocycles. The molecule has 3 rings (SSSR count). The zero-order valence-corrected chi connectivity index (χ0v) is 16.3. The second kappa shape index (κ2) is 8.39. The van der Waals surface area contributed by atoms with Gasteiger partial charge in [0.1, 0.15) is 0 Å². The Balaban J connectivity index is 1.73. The number of benzene rings is 1. The van der Waals surface area contributed by atoms with Crippen molar-refractivity contribution in [1.29, 1.82) is 0 Å². The number of carbonyl (C=O) groups is 1. The van der Waals surface area contributed by atoms with E-state index in [0.717, 1.165) is 25.0 Å². The monoisotopic (exact) mass is 377 g/mol. The van der Waals surface area contributed by atoms with E-state index in [4.69, 9.17) is 0 Å². The lowest BCUT2D eigenvalue weighted by molar-refractivity contribution is -0.387. The second-order valence-corrected chi connectivity index (χ2v) is 8.79. The van der Waals surface area contributed by atoms with Crippen LogP contribution in [0.15, 0.2) is 23.1 Å². The maximum Gasteiger partial charge on any atom is 0.283 e. The Hall–Kier alpha value is -1.60. The molecule has 0 radical (unpaired) electrons. The minimum atomic E-state index is -0.375. The average molecular weight is 378 g/mol. The first-order chi connectivity index (χ1) is 12.4. The summed E-state index contributed by atoms with van der Waals surface area (Å²) >= 11 is 1.50. The van der Waals surface area contributed by atoms with Crippen molar-refractivity contribution in [2.75, 3.05) is 18.8 Å². The van der Waals surface area contributed by atoms with E-state index in [1.807, 2.05) is 4.90 Å². The van der Waals surface area contributed by atoms with Gasteiger partial charge >= 0.3 is 0 Å². The maximum atomic E-state index is 12.9. The van der Waals surface area contributed by atoms with Gasteiger partial charge in [-0.05, 0) is 49.5 Å². The third-order valence-electron chi connectivity index (χ3n) is 5.17. The number of fused-ring (bicyclic) bond motifs is 2. The molecule has 2 aliphatic heterocycles. The van der Waals surface area contributed by atoms with Crippen LogP contribution >= 0.6 is 11.8 Å². The summed E-state index contributed by atoms with van der Waals surface area (Å²) in [4.78, 5) is 26.5. The van der Waals surface area contributed by atoms with Gasteiger partial charge in [0.15, 0.2) is 0 Å². The number of nitrogens with zero attached hydrogens (tertiary/aromatic N) is 2. The first-order valence-electron chi connectivity index (χ1n) is 9.40. The molecular weight excluding hydrogens is 350 g/mol. The van der Waals surface area contributed by atoms with Gasteiger partial charge in [-0.25, -0.2) is 0 Å². The van der Waals surface area contributed by atoms with Crippen LogP contribution in [-0.4, -0.2) is 46.7 Å². The zero-order chi connectivity index (χ0) is 18.7. The van der Waals surface area contributed by atoms with Crippen LogP contribution in [0.5, 0.6) is 0 Å². The van der Waals surface area contributed by atoms with Crippen molar-refractivity contribution >= 4 is 23.4 Å². The van der Waals surface area contributed by atoms with Gasteiger partial charge in [0.25, 0.3) is 11.6 Å². The minimum absolute atomic E-state index is 0.0408. The minimum Gasteiger partial charge on any atom is -0.337 e. The lowest BCUT2D eigenvalue weighted by Gasteiger charge is -2.24. The van der Waals surface area contributed by atoms with Gasteiger partial charge in [0.05, 0.1) is 9.82 Å².